The molecule has 2 nitrogen and oxygen atoms in total. The zero-order chi connectivity index (χ0) is 13.1. The first kappa shape index (κ1) is 13.6. The van der Waals surface area contributed by atoms with Crippen molar-refractivity contribution in [3.8, 4) is 5.75 Å². The molecule has 3 rings (SSSR count). The van der Waals surface area contributed by atoms with Crippen LogP contribution in [0.5, 0.6) is 5.75 Å². The predicted octanol–water partition coefficient (Wildman–Crippen LogP) is 3.86. The van der Waals surface area contributed by atoms with Crippen LogP contribution in [0, 0.1) is 0 Å². The summed E-state index contributed by atoms with van der Waals surface area (Å²) in [4.78, 5) is 0. The Balaban J connectivity index is 1.65. The maximum absolute atomic E-state index is 6.14. The Labute approximate surface area is 123 Å². The summed E-state index contributed by atoms with van der Waals surface area (Å²) in [6.07, 6.45) is 3.44. The van der Waals surface area contributed by atoms with Crippen molar-refractivity contribution >= 4 is 23.4 Å². The number of ether oxygens (including phenoxy) is 2. The second-order valence-corrected chi connectivity index (χ2v) is 6.72. The molecule has 0 aliphatic carbocycles. The number of benzene rings is 1. The molecule has 0 aromatic heterocycles. The fourth-order valence-electron chi connectivity index (χ4n) is 2.84. The van der Waals surface area contributed by atoms with E-state index in [1.165, 1.54) is 12.2 Å². The highest BCUT2D eigenvalue weighted by Crippen LogP contribution is 2.39. The standard InChI is InChI=1S/C15H19ClO2S/c16-10-12-2-1-3-13(8-12)18-14-4-6-17-15(9-14)5-7-19-11-15/h1-3,8,14H,4-7,9-11H2. The van der Waals surface area contributed by atoms with Crippen molar-refractivity contribution in [3.05, 3.63) is 29.8 Å². The van der Waals surface area contributed by atoms with E-state index < -0.39 is 0 Å². The van der Waals surface area contributed by atoms with Crippen molar-refractivity contribution in [3.63, 3.8) is 0 Å². The van der Waals surface area contributed by atoms with Crippen LogP contribution < -0.4 is 4.74 Å². The first-order valence-electron chi connectivity index (χ1n) is 6.83. The zero-order valence-electron chi connectivity index (χ0n) is 10.9. The molecular weight excluding hydrogens is 280 g/mol. The molecule has 1 aromatic carbocycles. The van der Waals surface area contributed by atoms with Crippen molar-refractivity contribution < 1.29 is 9.47 Å². The van der Waals surface area contributed by atoms with E-state index >= 15 is 0 Å². The van der Waals surface area contributed by atoms with Gasteiger partial charge < -0.3 is 9.47 Å². The summed E-state index contributed by atoms with van der Waals surface area (Å²) in [5.41, 5.74) is 1.19. The number of halogens is 1. The second kappa shape index (κ2) is 5.94. The number of alkyl halides is 1. The Morgan fingerprint density at radius 2 is 2.42 bits per heavy atom. The molecule has 2 saturated heterocycles. The van der Waals surface area contributed by atoms with E-state index in [2.05, 4.69) is 0 Å². The van der Waals surface area contributed by atoms with E-state index in [-0.39, 0.29) is 11.7 Å². The molecule has 19 heavy (non-hydrogen) atoms. The summed E-state index contributed by atoms with van der Waals surface area (Å²) in [6, 6.07) is 8.09. The molecule has 1 aromatic rings. The van der Waals surface area contributed by atoms with Crippen LogP contribution in [0.1, 0.15) is 24.8 Å². The quantitative estimate of drug-likeness (QED) is 0.790. The lowest BCUT2D eigenvalue weighted by molar-refractivity contribution is -0.0959. The van der Waals surface area contributed by atoms with Gasteiger partial charge >= 0.3 is 0 Å². The van der Waals surface area contributed by atoms with E-state index in [1.807, 2.05) is 36.0 Å². The maximum atomic E-state index is 6.14. The molecule has 2 atom stereocenters. The third-order valence-electron chi connectivity index (χ3n) is 3.87. The summed E-state index contributed by atoms with van der Waals surface area (Å²) >= 11 is 7.86. The van der Waals surface area contributed by atoms with Gasteiger partial charge in [0, 0.05) is 24.5 Å². The van der Waals surface area contributed by atoms with Gasteiger partial charge in [0.2, 0.25) is 0 Å². The molecule has 2 fully saturated rings. The molecule has 2 heterocycles. The summed E-state index contributed by atoms with van der Waals surface area (Å²) < 4.78 is 12.2. The van der Waals surface area contributed by atoms with E-state index in [9.17, 15) is 0 Å². The molecule has 4 heteroatoms. The molecule has 1 spiro atoms. The maximum Gasteiger partial charge on any atom is 0.120 e. The number of thioether (sulfide) groups is 1. The Morgan fingerprint density at radius 1 is 1.47 bits per heavy atom. The van der Waals surface area contributed by atoms with Crippen molar-refractivity contribution in [2.24, 2.45) is 0 Å². The average Bonchev–Trinajstić information content (AvgIpc) is 2.87. The van der Waals surface area contributed by atoms with Gasteiger partial charge in [0.05, 0.1) is 12.2 Å². The van der Waals surface area contributed by atoms with Crippen LogP contribution in [0.15, 0.2) is 24.3 Å². The molecule has 2 aliphatic rings. The van der Waals surface area contributed by atoms with E-state index in [0.717, 1.165) is 36.5 Å². The molecule has 104 valence electrons. The lowest BCUT2D eigenvalue weighted by Gasteiger charge is -2.37. The predicted molar refractivity (Wildman–Crippen MR) is 80.3 cm³/mol. The molecule has 0 bridgehead atoms. The Morgan fingerprint density at radius 3 is 3.21 bits per heavy atom. The zero-order valence-corrected chi connectivity index (χ0v) is 12.5. The van der Waals surface area contributed by atoms with Crippen LogP contribution in [0.2, 0.25) is 0 Å². The van der Waals surface area contributed by atoms with Crippen LogP contribution in [0.4, 0.5) is 0 Å². The minimum absolute atomic E-state index is 0.0810. The van der Waals surface area contributed by atoms with Gasteiger partial charge in [0.15, 0.2) is 0 Å². The summed E-state index contributed by atoms with van der Waals surface area (Å²) in [5, 5.41) is 0. The van der Waals surface area contributed by atoms with Crippen molar-refractivity contribution in [1.29, 1.82) is 0 Å². The summed E-state index contributed by atoms with van der Waals surface area (Å²) in [6.45, 7) is 0.820. The molecular formula is C15H19ClO2S. The molecule has 2 aliphatic heterocycles. The van der Waals surface area contributed by atoms with E-state index in [4.69, 9.17) is 21.1 Å². The summed E-state index contributed by atoms with van der Waals surface area (Å²) in [5.74, 6) is 3.81. The third-order valence-corrected chi connectivity index (χ3v) is 5.40. The van der Waals surface area contributed by atoms with Crippen LogP contribution in [-0.2, 0) is 10.6 Å². The molecule has 0 N–H and O–H groups in total. The lowest BCUT2D eigenvalue weighted by atomic mass is 9.91. The summed E-state index contributed by atoms with van der Waals surface area (Å²) in [7, 11) is 0. The third kappa shape index (κ3) is 3.21. The van der Waals surface area contributed by atoms with Gasteiger partial charge in [-0.25, -0.2) is 0 Å². The normalized spacial score (nSPS) is 30.7. The monoisotopic (exact) mass is 298 g/mol. The van der Waals surface area contributed by atoms with Crippen molar-refractivity contribution in [1.82, 2.24) is 0 Å². The minimum Gasteiger partial charge on any atom is -0.490 e. The van der Waals surface area contributed by atoms with Crippen LogP contribution in [0.3, 0.4) is 0 Å². The average molecular weight is 299 g/mol. The molecule has 0 saturated carbocycles. The highest BCUT2D eigenvalue weighted by Gasteiger charge is 2.41. The van der Waals surface area contributed by atoms with Crippen molar-refractivity contribution in [2.75, 3.05) is 18.1 Å². The topological polar surface area (TPSA) is 18.5 Å². The van der Waals surface area contributed by atoms with E-state index in [0.29, 0.717) is 5.88 Å². The molecule has 0 radical (unpaired) electrons. The van der Waals surface area contributed by atoms with E-state index in [1.54, 1.807) is 0 Å². The largest absolute Gasteiger partial charge is 0.490 e. The fraction of sp³-hybridized carbons (Fsp3) is 0.600. The van der Waals surface area contributed by atoms with Crippen LogP contribution >= 0.6 is 23.4 Å². The second-order valence-electron chi connectivity index (χ2n) is 5.35. The first-order chi connectivity index (χ1) is 9.30. The van der Waals surface area contributed by atoms with Crippen LogP contribution in [0.25, 0.3) is 0 Å². The van der Waals surface area contributed by atoms with Gasteiger partial charge in [-0.3, -0.25) is 0 Å². The van der Waals surface area contributed by atoms with Gasteiger partial charge in [-0.05, 0) is 29.9 Å². The highest BCUT2D eigenvalue weighted by atomic mass is 35.5. The van der Waals surface area contributed by atoms with Crippen LogP contribution in [-0.4, -0.2) is 29.8 Å². The number of rotatable bonds is 3. The smallest absolute Gasteiger partial charge is 0.120 e. The van der Waals surface area contributed by atoms with Gasteiger partial charge in [-0.1, -0.05) is 12.1 Å². The fourth-order valence-corrected chi connectivity index (χ4v) is 4.39. The van der Waals surface area contributed by atoms with Gasteiger partial charge in [0.25, 0.3) is 0 Å². The lowest BCUT2D eigenvalue weighted by Crippen LogP contribution is -2.43. The first-order valence-corrected chi connectivity index (χ1v) is 8.52. The Bertz CT molecular complexity index is 432. The minimum atomic E-state index is 0.0810. The van der Waals surface area contributed by atoms with Gasteiger partial charge in [0.1, 0.15) is 11.9 Å². The Hall–Kier alpha value is -0.380. The number of hydrogen-bond acceptors (Lipinski definition) is 3. The highest BCUT2D eigenvalue weighted by molar-refractivity contribution is 7.99. The Kier molecular flexibility index (Phi) is 4.25. The number of hydrogen-bond donors (Lipinski definition) is 0. The van der Waals surface area contributed by atoms with Crippen molar-refractivity contribution in [2.45, 2.75) is 36.8 Å². The van der Waals surface area contributed by atoms with Gasteiger partial charge in [-0.2, -0.15) is 11.8 Å². The van der Waals surface area contributed by atoms with Gasteiger partial charge in [-0.15, -0.1) is 11.6 Å². The molecule has 0 amide bonds. The SMILES string of the molecule is ClCc1cccc(OC2CCOC3(CCSC3)C2)c1. The molecule has 2 unspecified atom stereocenters.